The molecule has 1 unspecified atom stereocenters. The Balaban J connectivity index is 1.71. The molecule has 10 heteroatoms. The Morgan fingerprint density at radius 3 is 2.30 bits per heavy atom. The Hall–Kier alpha value is -2.98. The average molecular weight is 437 g/mol. The summed E-state index contributed by atoms with van der Waals surface area (Å²) in [6, 6.07) is 9.79. The zero-order chi connectivity index (χ0) is 22.1. The van der Waals surface area contributed by atoms with Crippen molar-refractivity contribution in [1.29, 1.82) is 0 Å². The van der Waals surface area contributed by atoms with Crippen LogP contribution in [0.15, 0.2) is 53.4 Å². The molecule has 4 N–H and O–H groups in total. The molecule has 0 spiro atoms. The molecule has 2 rings (SSSR count). The third-order valence-electron chi connectivity index (χ3n) is 4.13. The van der Waals surface area contributed by atoms with Crippen LogP contribution in [0.5, 0.6) is 5.75 Å². The van der Waals surface area contributed by atoms with Crippen LogP contribution in [0, 0.1) is 5.82 Å². The second kappa shape index (κ2) is 10.7. The second-order valence-corrected chi connectivity index (χ2v) is 8.25. The van der Waals surface area contributed by atoms with Crippen molar-refractivity contribution in [2.24, 2.45) is 5.73 Å². The van der Waals surface area contributed by atoms with Crippen LogP contribution >= 0.6 is 0 Å². The van der Waals surface area contributed by atoms with Crippen LogP contribution < -0.4 is 20.5 Å². The maximum Gasteiger partial charge on any atom is 0.248 e. The number of hydrogen-bond donors (Lipinski definition) is 3. The highest BCUT2D eigenvalue weighted by Crippen LogP contribution is 2.12. The fraction of sp³-hybridized carbons (Fsp3) is 0.300. The van der Waals surface area contributed by atoms with E-state index in [0.717, 1.165) is 0 Å². The first-order chi connectivity index (χ1) is 14.2. The van der Waals surface area contributed by atoms with E-state index in [1.165, 1.54) is 55.5 Å². The minimum absolute atomic E-state index is 0.0786. The molecule has 0 aliphatic carbocycles. The summed E-state index contributed by atoms with van der Waals surface area (Å²) in [7, 11) is -3.93. The van der Waals surface area contributed by atoms with Gasteiger partial charge in [0.1, 0.15) is 11.6 Å². The Bertz CT molecular complexity index is 963. The highest BCUT2D eigenvalue weighted by Gasteiger charge is 2.22. The lowest BCUT2D eigenvalue weighted by Gasteiger charge is -2.14. The van der Waals surface area contributed by atoms with E-state index < -0.39 is 27.9 Å². The first kappa shape index (κ1) is 23.3. The second-order valence-electron chi connectivity index (χ2n) is 6.53. The van der Waals surface area contributed by atoms with Gasteiger partial charge in [0.15, 0.2) is 0 Å². The van der Waals surface area contributed by atoms with E-state index in [-0.39, 0.29) is 16.3 Å². The number of nitrogens with one attached hydrogen (secondary N) is 2. The fourth-order valence-electron chi connectivity index (χ4n) is 2.47. The van der Waals surface area contributed by atoms with Crippen molar-refractivity contribution in [3.05, 3.63) is 59.9 Å². The van der Waals surface area contributed by atoms with Crippen LogP contribution in [0.1, 0.15) is 30.1 Å². The van der Waals surface area contributed by atoms with Gasteiger partial charge >= 0.3 is 0 Å². The lowest BCUT2D eigenvalue weighted by atomic mass is 10.2. The Morgan fingerprint density at radius 2 is 1.70 bits per heavy atom. The number of hydrogen-bond acceptors (Lipinski definition) is 5. The van der Waals surface area contributed by atoms with Gasteiger partial charge in [0.25, 0.3) is 0 Å². The number of unbranched alkanes of at least 4 members (excludes halogenated alkanes) is 1. The maximum absolute atomic E-state index is 12.8. The molecule has 0 aliphatic rings. The lowest BCUT2D eigenvalue weighted by molar-refractivity contribution is -0.122. The van der Waals surface area contributed by atoms with Gasteiger partial charge < -0.3 is 15.8 Å². The van der Waals surface area contributed by atoms with Crippen LogP contribution in [0.3, 0.4) is 0 Å². The highest BCUT2D eigenvalue weighted by atomic mass is 32.2. The fourth-order valence-corrected chi connectivity index (χ4v) is 3.67. The van der Waals surface area contributed by atoms with E-state index in [9.17, 15) is 22.4 Å². The van der Waals surface area contributed by atoms with Crippen molar-refractivity contribution in [3.63, 3.8) is 0 Å². The molecule has 0 fully saturated rings. The number of amides is 2. The van der Waals surface area contributed by atoms with Crippen molar-refractivity contribution in [3.8, 4) is 5.75 Å². The SMILES string of the molecule is CC(NS(=O)(=O)c1ccc(C(N)=O)cc1)C(=O)NCCCCOc1ccc(F)cc1. The number of nitrogens with two attached hydrogens (primary N) is 1. The molecule has 0 heterocycles. The summed E-state index contributed by atoms with van der Waals surface area (Å²) in [5, 5.41) is 2.65. The zero-order valence-corrected chi connectivity index (χ0v) is 17.2. The van der Waals surface area contributed by atoms with E-state index in [1.54, 1.807) is 0 Å². The van der Waals surface area contributed by atoms with Gasteiger partial charge in [-0.25, -0.2) is 12.8 Å². The van der Waals surface area contributed by atoms with Crippen molar-refractivity contribution in [2.75, 3.05) is 13.2 Å². The third-order valence-corrected chi connectivity index (χ3v) is 5.68. The number of sulfonamides is 1. The topological polar surface area (TPSA) is 128 Å². The maximum atomic E-state index is 12.8. The number of halogens is 1. The van der Waals surface area contributed by atoms with Crippen LogP contribution in [-0.4, -0.2) is 39.4 Å². The van der Waals surface area contributed by atoms with Crippen molar-refractivity contribution >= 4 is 21.8 Å². The summed E-state index contributed by atoms with van der Waals surface area (Å²) in [5.74, 6) is -0.903. The van der Waals surface area contributed by atoms with Gasteiger partial charge in [-0.05, 0) is 68.3 Å². The Morgan fingerprint density at radius 1 is 1.07 bits per heavy atom. The third kappa shape index (κ3) is 7.12. The minimum Gasteiger partial charge on any atom is -0.494 e. The molecule has 0 saturated carbocycles. The number of carbonyl (C=O) groups is 2. The van der Waals surface area contributed by atoms with Gasteiger partial charge in [-0.1, -0.05) is 0 Å². The molecule has 1 atom stereocenters. The molecule has 30 heavy (non-hydrogen) atoms. The van der Waals surface area contributed by atoms with Crippen molar-refractivity contribution < 1.29 is 27.1 Å². The molecule has 0 aliphatic heterocycles. The molecular formula is C20H24FN3O5S. The summed E-state index contributed by atoms with van der Waals surface area (Å²) >= 11 is 0. The monoisotopic (exact) mass is 437 g/mol. The predicted octanol–water partition coefficient (Wildman–Crippen LogP) is 1.57. The standard InChI is InChI=1S/C20H24FN3O5S/c1-14(24-30(27,28)18-10-4-15(5-11-18)19(22)25)20(26)23-12-2-3-13-29-17-8-6-16(21)7-9-17/h4-11,14,24H,2-3,12-13H2,1H3,(H2,22,25)(H,23,26). The normalized spacial score (nSPS) is 12.2. The van der Waals surface area contributed by atoms with Crippen molar-refractivity contribution in [1.82, 2.24) is 10.0 Å². The quantitative estimate of drug-likeness (QED) is 0.460. The Kier molecular flexibility index (Phi) is 8.31. The molecule has 0 radical (unpaired) electrons. The van der Waals surface area contributed by atoms with E-state index in [0.29, 0.717) is 31.7 Å². The van der Waals surface area contributed by atoms with Gasteiger partial charge in [0.2, 0.25) is 21.8 Å². The zero-order valence-electron chi connectivity index (χ0n) is 16.4. The average Bonchev–Trinajstić information content (AvgIpc) is 2.71. The van der Waals surface area contributed by atoms with E-state index >= 15 is 0 Å². The van der Waals surface area contributed by atoms with Gasteiger partial charge in [-0.3, -0.25) is 9.59 Å². The number of primary amides is 1. The number of benzene rings is 2. The largest absolute Gasteiger partial charge is 0.494 e. The Labute approximate surface area is 174 Å². The molecule has 0 aromatic heterocycles. The van der Waals surface area contributed by atoms with Gasteiger partial charge in [-0.2, -0.15) is 4.72 Å². The van der Waals surface area contributed by atoms with Crippen LogP contribution in [0.2, 0.25) is 0 Å². The number of carbonyl (C=O) groups excluding carboxylic acids is 2. The predicted molar refractivity (Wildman–Crippen MR) is 109 cm³/mol. The molecule has 2 aromatic rings. The molecular weight excluding hydrogens is 413 g/mol. The molecule has 0 saturated heterocycles. The van der Waals surface area contributed by atoms with Gasteiger partial charge in [-0.15, -0.1) is 0 Å². The summed E-state index contributed by atoms with van der Waals surface area (Å²) in [6.45, 7) is 2.19. The summed E-state index contributed by atoms with van der Waals surface area (Å²) in [4.78, 5) is 23.1. The number of rotatable bonds is 11. The van der Waals surface area contributed by atoms with Crippen LogP contribution in [0.4, 0.5) is 4.39 Å². The molecule has 0 bridgehead atoms. The highest BCUT2D eigenvalue weighted by molar-refractivity contribution is 7.89. The summed E-state index contributed by atoms with van der Waals surface area (Å²) in [5.41, 5.74) is 5.31. The molecule has 2 amide bonds. The van der Waals surface area contributed by atoms with E-state index in [2.05, 4.69) is 10.0 Å². The number of ether oxygens (including phenoxy) is 1. The first-order valence-corrected chi connectivity index (χ1v) is 10.8. The van der Waals surface area contributed by atoms with E-state index in [1.807, 2.05) is 0 Å². The molecule has 8 nitrogen and oxygen atoms in total. The van der Waals surface area contributed by atoms with Gasteiger partial charge in [0.05, 0.1) is 17.5 Å². The summed E-state index contributed by atoms with van der Waals surface area (Å²) < 4.78 is 45.3. The molecule has 2 aromatic carbocycles. The van der Waals surface area contributed by atoms with E-state index in [4.69, 9.17) is 10.5 Å². The van der Waals surface area contributed by atoms with Gasteiger partial charge in [0, 0.05) is 12.1 Å². The summed E-state index contributed by atoms with van der Waals surface area (Å²) in [6.07, 6.45) is 1.28. The first-order valence-electron chi connectivity index (χ1n) is 9.27. The minimum atomic E-state index is -3.93. The smallest absolute Gasteiger partial charge is 0.248 e. The van der Waals surface area contributed by atoms with Crippen LogP contribution in [-0.2, 0) is 14.8 Å². The lowest BCUT2D eigenvalue weighted by Crippen LogP contribution is -2.45. The molecule has 162 valence electrons. The van der Waals surface area contributed by atoms with Crippen molar-refractivity contribution in [2.45, 2.75) is 30.7 Å². The van der Waals surface area contributed by atoms with Crippen LogP contribution in [0.25, 0.3) is 0 Å².